The van der Waals surface area contributed by atoms with Crippen LogP contribution in [0.25, 0.3) is 0 Å². The molecule has 2 aromatic rings. The van der Waals surface area contributed by atoms with E-state index in [1.165, 1.54) is 18.4 Å². The molecule has 1 aromatic heterocycles. The Morgan fingerprint density at radius 2 is 1.88 bits per heavy atom. The Hall–Kier alpha value is -2.41. The van der Waals surface area contributed by atoms with Crippen molar-refractivity contribution >= 4 is 23.4 Å². The standard InChI is InChI=1S/C19H24N2O4S/c1-12(2)16(15-10-20-17(26-15)13(3)18(22)24-4)21-19(23)25-11-14-8-6-5-7-9-14/h5-10,12-13,16H,11H2,1-4H3,(H,21,23)/t13?,16-/m0/s1. The van der Waals surface area contributed by atoms with Gasteiger partial charge in [0.1, 0.15) is 17.5 Å². The predicted molar refractivity (Wildman–Crippen MR) is 99.9 cm³/mol. The number of nitrogens with one attached hydrogen (secondary N) is 1. The van der Waals surface area contributed by atoms with E-state index in [4.69, 9.17) is 9.47 Å². The molecule has 140 valence electrons. The lowest BCUT2D eigenvalue weighted by Crippen LogP contribution is -2.31. The van der Waals surface area contributed by atoms with E-state index < -0.39 is 12.0 Å². The average Bonchev–Trinajstić information content (AvgIpc) is 3.13. The topological polar surface area (TPSA) is 77.5 Å². The zero-order valence-electron chi connectivity index (χ0n) is 15.4. The number of carbonyl (C=O) groups excluding carboxylic acids is 2. The molecule has 1 heterocycles. The van der Waals surface area contributed by atoms with E-state index >= 15 is 0 Å². The smallest absolute Gasteiger partial charge is 0.407 e. The van der Waals surface area contributed by atoms with Crippen LogP contribution in [0.3, 0.4) is 0 Å². The molecule has 2 atom stereocenters. The molecule has 0 radical (unpaired) electrons. The molecule has 0 bridgehead atoms. The first-order valence-corrected chi connectivity index (χ1v) is 9.24. The molecular weight excluding hydrogens is 352 g/mol. The zero-order valence-corrected chi connectivity index (χ0v) is 16.2. The van der Waals surface area contributed by atoms with E-state index in [0.717, 1.165) is 10.4 Å². The minimum Gasteiger partial charge on any atom is -0.468 e. The van der Waals surface area contributed by atoms with Gasteiger partial charge >= 0.3 is 12.1 Å². The highest BCUT2D eigenvalue weighted by molar-refractivity contribution is 7.11. The van der Waals surface area contributed by atoms with Crippen LogP contribution in [0.1, 0.15) is 48.2 Å². The number of alkyl carbamates (subject to hydrolysis) is 1. The summed E-state index contributed by atoms with van der Waals surface area (Å²) in [4.78, 5) is 29.0. The summed E-state index contributed by atoms with van der Waals surface area (Å²) in [6, 6.07) is 9.27. The summed E-state index contributed by atoms with van der Waals surface area (Å²) in [7, 11) is 1.36. The second-order valence-electron chi connectivity index (χ2n) is 6.27. The lowest BCUT2D eigenvalue weighted by atomic mass is 10.0. The van der Waals surface area contributed by atoms with Gasteiger partial charge in [-0.15, -0.1) is 11.3 Å². The number of hydrogen-bond acceptors (Lipinski definition) is 6. The van der Waals surface area contributed by atoms with Crippen LogP contribution in [0.4, 0.5) is 4.79 Å². The third-order valence-electron chi connectivity index (χ3n) is 3.93. The Labute approximate surface area is 157 Å². The Kier molecular flexibility index (Phi) is 7.15. The summed E-state index contributed by atoms with van der Waals surface area (Å²) in [5, 5.41) is 3.56. The molecule has 0 saturated carbocycles. The number of ether oxygens (including phenoxy) is 2. The van der Waals surface area contributed by atoms with Gasteiger partial charge in [-0.1, -0.05) is 44.2 Å². The minimum atomic E-state index is -0.483. The van der Waals surface area contributed by atoms with E-state index in [9.17, 15) is 9.59 Å². The first-order valence-electron chi connectivity index (χ1n) is 8.43. The van der Waals surface area contributed by atoms with Crippen molar-refractivity contribution in [3.05, 3.63) is 52.0 Å². The Bertz CT molecular complexity index is 730. The molecule has 0 saturated heterocycles. The lowest BCUT2D eigenvalue weighted by molar-refractivity contribution is -0.141. The second kappa shape index (κ2) is 9.33. The van der Waals surface area contributed by atoms with Crippen LogP contribution in [0.2, 0.25) is 0 Å². The summed E-state index contributed by atoms with van der Waals surface area (Å²) < 4.78 is 10.1. The van der Waals surface area contributed by atoms with Gasteiger partial charge in [-0.25, -0.2) is 9.78 Å². The molecule has 6 nitrogen and oxygen atoms in total. The highest BCUT2D eigenvalue weighted by Gasteiger charge is 2.25. The van der Waals surface area contributed by atoms with Gasteiger partial charge in [0.05, 0.1) is 13.2 Å². The van der Waals surface area contributed by atoms with Crippen LogP contribution in [-0.2, 0) is 20.9 Å². The number of hydrogen-bond donors (Lipinski definition) is 1. The molecule has 2 rings (SSSR count). The van der Waals surface area contributed by atoms with Crippen LogP contribution < -0.4 is 5.32 Å². The molecule has 7 heteroatoms. The number of carbonyl (C=O) groups is 2. The lowest BCUT2D eigenvalue weighted by Gasteiger charge is -2.20. The molecule has 1 unspecified atom stereocenters. The highest BCUT2D eigenvalue weighted by atomic mass is 32.1. The van der Waals surface area contributed by atoms with E-state index in [0.29, 0.717) is 5.01 Å². The quantitative estimate of drug-likeness (QED) is 0.738. The van der Waals surface area contributed by atoms with Crippen molar-refractivity contribution in [3.63, 3.8) is 0 Å². The number of benzene rings is 1. The molecule has 0 spiro atoms. The molecule has 0 aliphatic heterocycles. The first-order chi connectivity index (χ1) is 12.4. The van der Waals surface area contributed by atoms with Crippen LogP contribution in [0, 0.1) is 5.92 Å². The first kappa shape index (κ1) is 19.9. The predicted octanol–water partition coefficient (Wildman–Crippen LogP) is 4.04. The van der Waals surface area contributed by atoms with Crippen LogP contribution in [-0.4, -0.2) is 24.2 Å². The summed E-state index contributed by atoms with van der Waals surface area (Å²) in [5.41, 5.74) is 0.927. The van der Waals surface area contributed by atoms with Crippen molar-refractivity contribution in [1.29, 1.82) is 0 Å². The molecular formula is C19H24N2O4S. The van der Waals surface area contributed by atoms with Gasteiger partial charge in [-0.3, -0.25) is 4.79 Å². The molecule has 0 fully saturated rings. The van der Waals surface area contributed by atoms with Crippen molar-refractivity contribution in [2.75, 3.05) is 7.11 Å². The fraction of sp³-hybridized carbons (Fsp3) is 0.421. The van der Waals surface area contributed by atoms with Gasteiger partial charge < -0.3 is 14.8 Å². The maximum atomic E-state index is 12.2. The number of amides is 1. The van der Waals surface area contributed by atoms with Crippen molar-refractivity contribution < 1.29 is 19.1 Å². The fourth-order valence-electron chi connectivity index (χ4n) is 2.38. The minimum absolute atomic E-state index is 0.140. The van der Waals surface area contributed by atoms with Gasteiger partial charge in [-0.2, -0.15) is 0 Å². The molecule has 26 heavy (non-hydrogen) atoms. The number of aromatic nitrogens is 1. The normalized spacial score (nSPS) is 13.1. The van der Waals surface area contributed by atoms with Crippen LogP contribution in [0.15, 0.2) is 36.5 Å². The summed E-state index contributed by atoms with van der Waals surface area (Å²) in [5.74, 6) is -0.625. The Morgan fingerprint density at radius 3 is 2.50 bits per heavy atom. The maximum Gasteiger partial charge on any atom is 0.407 e. The number of rotatable bonds is 7. The molecule has 1 aromatic carbocycles. The number of nitrogens with zero attached hydrogens (tertiary/aromatic N) is 1. The third-order valence-corrected chi connectivity index (χ3v) is 5.19. The second-order valence-corrected chi connectivity index (χ2v) is 7.37. The van der Waals surface area contributed by atoms with Gasteiger partial charge in [0.2, 0.25) is 0 Å². The Balaban J connectivity index is 2.01. The van der Waals surface area contributed by atoms with Crippen molar-refractivity contribution in [1.82, 2.24) is 10.3 Å². The van der Waals surface area contributed by atoms with Crippen molar-refractivity contribution in [3.8, 4) is 0 Å². The molecule has 1 amide bonds. The molecule has 1 N–H and O–H groups in total. The number of thiazole rings is 1. The van der Waals surface area contributed by atoms with Crippen molar-refractivity contribution in [2.24, 2.45) is 5.92 Å². The number of methoxy groups -OCH3 is 1. The van der Waals surface area contributed by atoms with Gasteiger partial charge in [0.25, 0.3) is 0 Å². The van der Waals surface area contributed by atoms with Crippen molar-refractivity contribution in [2.45, 2.75) is 39.3 Å². The van der Waals surface area contributed by atoms with Gasteiger partial charge in [0, 0.05) is 11.1 Å². The largest absolute Gasteiger partial charge is 0.468 e. The summed E-state index contributed by atoms with van der Waals surface area (Å²) >= 11 is 1.40. The van der Waals surface area contributed by atoms with E-state index in [2.05, 4.69) is 10.3 Å². The SMILES string of the molecule is COC(=O)C(C)c1ncc([C@@H](NC(=O)OCc2ccccc2)C(C)C)s1. The zero-order chi connectivity index (χ0) is 19.1. The molecule has 0 aliphatic rings. The maximum absolute atomic E-state index is 12.2. The van der Waals surface area contributed by atoms with E-state index in [1.807, 2.05) is 44.2 Å². The van der Waals surface area contributed by atoms with E-state index in [1.54, 1.807) is 13.1 Å². The third kappa shape index (κ3) is 5.29. The van der Waals surface area contributed by atoms with Gasteiger partial charge in [0.15, 0.2) is 0 Å². The summed E-state index contributed by atoms with van der Waals surface area (Å²) in [6.07, 6.45) is 1.21. The summed E-state index contributed by atoms with van der Waals surface area (Å²) in [6.45, 7) is 5.97. The van der Waals surface area contributed by atoms with Gasteiger partial charge in [-0.05, 0) is 18.4 Å². The van der Waals surface area contributed by atoms with Crippen LogP contribution in [0.5, 0.6) is 0 Å². The highest BCUT2D eigenvalue weighted by Crippen LogP contribution is 2.30. The van der Waals surface area contributed by atoms with Crippen LogP contribution >= 0.6 is 11.3 Å². The molecule has 0 aliphatic carbocycles. The average molecular weight is 376 g/mol. The number of esters is 1. The Morgan fingerprint density at radius 1 is 1.19 bits per heavy atom. The monoisotopic (exact) mass is 376 g/mol. The van der Waals surface area contributed by atoms with E-state index in [-0.39, 0.29) is 24.5 Å². The fourth-order valence-corrected chi connectivity index (χ4v) is 3.56.